The first-order valence-corrected chi connectivity index (χ1v) is 5.44. The normalized spacial score (nSPS) is 24.3. The molecule has 0 saturated heterocycles. The lowest BCUT2D eigenvalue weighted by Crippen LogP contribution is -2.39. The number of carboxylic acids is 1. The summed E-state index contributed by atoms with van der Waals surface area (Å²) in [6.07, 6.45) is 2.73. The van der Waals surface area contributed by atoms with E-state index in [9.17, 15) is 9.59 Å². The van der Waals surface area contributed by atoms with Gasteiger partial charge in [-0.3, -0.25) is 4.79 Å². The molecule has 0 bridgehead atoms. The molecule has 0 aromatic carbocycles. The summed E-state index contributed by atoms with van der Waals surface area (Å²) in [4.78, 5) is 21.7. The van der Waals surface area contributed by atoms with Gasteiger partial charge in [-0.05, 0) is 12.8 Å². The quantitative estimate of drug-likeness (QED) is 0.525. The molecule has 0 aliphatic heterocycles. The zero-order chi connectivity index (χ0) is 12.0. The number of carbonyl (C=O) groups excluding carboxylic acids is 1. The minimum Gasteiger partial charge on any atom is -0.480 e. The first-order valence-electron chi connectivity index (χ1n) is 5.44. The summed E-state index contributed by atoms with van der Waals surface area (Å²) in [6.45, 7) is 0.203. The molecule has 0 aromatic heterocycles. The van der Waals surface area contributed by atoms with E-state index in [1.54, 1.807) is 0 Å². The number of amides is 1. The highest BCUT2D eigenvalue weighted by molar-refractivity contribution is 5.79. The molecule has 0 aromatic rings. The summed E-state index contributed by atoms with van der Waals surface area (Å²) < 4.78 is 4.79. The maximum Gasteiger partial charge on any atom is 0.329 e. The summed E-state index contributed by atoms with van der Waals surface area (Å²) in [5, 5.41) is 11.0. The van der Waals surface area contributed by atoms with Gasteiger partial charge in [-0.25, -0.2) is 4.79 Å². The van der Waals surface area contributed by atoms with Gasteiger partial charge in [-0.1, -0.05) is 6.42 Å². The second-order valence-electron chi connectivity index (χ2n) is 3.94. The fourth-order valence-corrected chi connectivity index (χ4v) is 1.85. The van der Waals surface area contributed by atoms with Crippen LogP contribution in [0.3, 0.4) is 0 Å². The number of ether oxygens (including phenoxy) is 1. The first-order chi connectivity index (χ1) is 7.61. The van der Waals surface area contributed by atoms with Crippen LogP contribution in [0.5, 0.6) is 0 Å². The molecular formula is C10H18N2O4. The molecule has 4 N–H and O–H groups in total. The van der Waals surface area contributed by atoms with Crippen molar-refractivity contribution in [3.63, 3.8) is 0 Å². The number of rotatable bonds is 6. The SMILES string of the molecule is NC1CCCC1C(=O)NCCOCC(=O)O. The topological polar surface area (TPSA) is 102 Å². The minimum atomic E-state index is -1.01. The minimum absolute atomic E-state index is 0.0417. The average molecular weight is 230 g/mol. The Balaban J connectivity index is 2.08. The maximum atomic E-state index is 11.6. The fourth-order valence-electron chi connectivity index (χ4n) is 1.85. The molecule has 92 valence electrons. The molecule has 1 aliphatic carbocycles. The molecule has 1 fully saturated rings. The van der Waals surface area contributed by atoms with Crippen LogP contribution in [0.2, 0.25) is 0 Å². The highest BCUT2D eigenvalue weighted by Gasteiger charge is 2.29. The third-order valence-corrected chi connectivity index (χ3v) is 2.68. The van der Waals surface area contributed by atoms with Crippen LogP contribution in [-0.2, 0) is 14.3 Å². The van der Waals surface area contributed by atoms with Crippen LogP contribution in [0, 0.1) is 5.92 Å². The van der Waals surface area contributed by atoms with Crippen LogP contribution in [0.1, 0.15) is 19.3 Å². The standard InChI is InChI=1S/C10H18N2O4/c11-8-3-1-2-7(8)10(15)12-4-5-16-6-9(13)14/h7-8H,1-6,11H2,(H,12,15)(H,13,14). The van der Waals surface area contributed by atoms with Crippen molar-refractivity contribution in [2.75, 3.05) is 19.8 Å². The smallest absolute Gasteiger partial charge is 0.329 e. The molecule has 6 heteroatoms. The van der Waals surface area contributed by atoms with Crippen LogP contribution in [0.25, 0.3) is 0 Å². The lowest BCUT2D eigenvalue weighted by molar-refractivity contribution is -0.142. The number of hydrogen-bond donors (Lipinski definition) is 3. The van der Waals surface area contributed by atoms with Crippen molar-refractivity contribution in [3.8, 4) is 0 Å². The van der Waals surface area contributed by atoms with Gasteiger partial charge in [0, 0.05) is 12.6 Å². The second-order valence-corrected chi connectivity index (χ2v) is 3.94. The van der Waals surface area contributed by atoms with Gasteiger partial charge in [0.15, 0.2) is 0 Å². The van der Waals surface area contributed by atoms with Crippen LogP contribution in [-0.4, -0.2) is 42.8 Å². The molecule has 0 heterocycles. The van der Waals surface area contributed by atoms with Gasteiger partial charge in [0.25, 0.3) is 0 Å². The van der Waals surface area contributed by atoms with Crippen molar-refractivity contribution >= 4 is 11.9 Å². The Morgan fingerprint density at radius 1 is 1.44 bits per heavy atom. The molecule has 2 unspecified atom stereocenters. The molecule has 6 nitrogen and oxygen atoms in total. The Morgan fingerprint density at radius 2 is 2.19 bits per heavy atom. The van der Waals surface area contributed by atoms with Gasteiger partial charge < -0.3 is 20.9 Å². The lowest BCUT2D eigenvalue weighted by Gasteiger charge is -2.14. The number of aliphatic carboxylic acids is 1. The Hall–Kier alpha value is -1.14. The highest BCUT2D eigenvalue weighted by Crippen LogP contribution is 2.23. The van der Waals surface area contributed by atoms with E-state index in [0.29, 0.717) is 6.54 Å². The molecule has 0 spiro atoms. The van der Waals surface area contributed by atoms with Crippen molar-refractivity contribution in [2.24, 2.45) is 11.7 Å². The summed E-state index contributed by atoms with van der Waals surface area (Å²) in [6, 6.07) is -0.0417. The Kier molecular flexibility index (Phi) is 5.21. The molecule has 1 amide bonds. The van der Waals surface area contributed by atoms with Gasteiger partial charge in [0.1, 0.15) is 6.61 Å². The van der Waals surface area contributed by atoms with E-state index in [2.05, 4.69) is 5.32 Å². The van der Waals surface area contributed by atoms with Crippen molar-refractivity contribution < 1.29 is 19.4 Å². The Morgan fingerprint density at radius 3 is 2.75 bits per heavy atom. The molecule has 16 heavy (non-hydrogen) atoms. The monoisotopic (exact) mass is 230 g/mol. The predicted molar refractivity (Wildman–Crippen MR) is 56.8 cm³/mol. The maximum absolute atomic E-state index is 11.6. The van der Waals surface area contributed by atoms with Crippen molar-refractivity contribution in [1.82, 2.24) is 5.32 Å². The molecule has 1 rings (SSSR count). The van der Waals surface area contributed by atoms with E-state index >= 15 is 0 Å². The average Bonchev–Trinajstić information content (AvgIpc) is 2.63. The van der Waals surface area contributed by atoms with Crippen molar-refractivity contribution in [2.45, 2.75) is 25.3 Å². The van der Waals surface area contributed by atoms with Crippen molar-refractivity contribution in [1.29, 1.82) is 0 Å². The van der Waals surface area contributed by atoms with E-state index in [-0.39, 0.29) is 31.1 Å². The largest absolute Gasteiger partial charge is 0.480 e. The molecular weight excluding hydrogens is 212 g/mol. The molecule has 1 saturated carbocycles. The Labute approximate surface area is 94.1 Å². The van der Waals surface area contributed by atoms with Gasteiger partial charge in [0.2, 0.25) is 5.91 Å². The summed E-state index contributed by atoms with van der Waals surface area (Å²) in [5.74, 6) is -1.16. The number of carbonyl (C=O) groups is 2. The summed E-state index contributed by atoms with van der Waals surface area (Å²) in [5.41, 5.74) is 5.78. The van der Waals surface area contributed by atoms with E-state index in [0.717, 1.165) is 19.3 Å². The van der Waals surface area contributed by atoms with Crippen LogP contribution in [0.4, 0.5) is 0 Å². The number of carboxylic acid groups (broad SMARTS) is 1. The van der Waals surface area contributed by atoms with E-state index in [1.807, 2.05) is 0 Å². The van der Waals surface area contributed by atoms with Crippen LogP contribution in [0.15, 0.2) is 0 Å². The van der Waals surface area contributed by atoms with Crippen LogP contribution < -0.4 is 11.1 Å². The number of nitrogens with one attached hydrogen (secondary N) is 1. The fraction of sp³-hybridized carbons (Fsp3) is 0.800. The van der Waals surface area contributed by atoms with Gasteiger partial charge in [-0.15, -0.1) is 0 Å². The zero-order valence-corrected chi connectivity index (χ0v) is 9.15. The second kappa shape index (κ2) is 6.44. The molecule has 2 atom stereocenters. The van der Waals surface area contributed by atoms with Crippen molar-refractivity contribution in [3.05, 3.63) is 0 Å². The molecule has 1 aliphatic rings. The van der Waals surface area contributed by atoms with E-state index in [1.165, 1.54) is 0 Å². The highest BCUT2D eigenvalue weighted by atomic mass is 16.5. The van der Waals surface area contributed by atoms with E-state index in [4.69, 9.17) is 15.6 Å². The van der Waals surface area contributed by atoms with E-state index < -0.39 is 5.97 Å². The third kappa shape index (κ3) is 4.16. The first kappa shape index (κ1) is 12.9. The number of hydrogen-bond acceptors (Lipinski definition) is 4. The third-order valence-electron chi connectivity index (χ3n) is 2.68. The lowest BCUT2D eigenvalue weighted by atomic mass is 10.0. The van der Waals surface area contributed by atoms with Gasteiger partial charge in [0.05, 0.1) is 12.5 Å². The summed E-state index contributed by atoms with van der Waals surface area (Å²) in [7, 11) is 0. The number of nitrogens with two attached hydrogens (primary N) is 1. The van der Waals surface area contributed by atoms with Gasteiger partial charge >= 0.3 is 5.97 Å². The predicted octanol–water partition coefficient (Wildman–Crippen LogP) is -0.669. The molecule has 0 radical (unpaired) electrons. The van der Waals surface area contributed by atoms with Gasteiger partial charge in [-0.2, -0.15) is 0 Å². The van der Waals surface area contributed by atoms with Crippen LogP contribution >= 0.6 is 0 Å². The zero-order valence-electron chi connectivity index (χ0n) is 9.15. The Bertz CT molecular complexity index is 257. The summed E-state index contributed by atoms with van der Waals surface area (Å²) >= 11 is 0.